The molecular weight excluding hydrogens is 338 g/mol. The summed E-state index contributed by atoms with van der Waals surface area (Å²) in [6.07, 6.45) is 1.95. The highest BCUT2D eigenvalue weighted by molar-refractivity contribution is 7.99. The van der Waals surface area contributed by atoms with Crippen LogP contribution < -0.4 is 10.0 Å². The lowest BCUT2D eigenvalue weighted by molar-refractivity contribution is 0.102. The molecule has 0 saturated carbocycles. The number of hydrogen-bond acceptors (Lipinski definition) is 5. The number of amides is 1. The third-order valence-corrected chi connectivity index (χ3v) is 4.77. The first-order valence-corrected chi connectivity index (χ1v) is 9.50. The Morgan fingerprint density at radius 2 is 1.92 bits per heavy atom. The number of aryl methyl sites for hydroxylation is 1. The molecule has 122 valence electrons. The Hall–Kier alpha value is -2.31. The fourth-order valence-electron chi connectivity index (χ4n) is 2.29. The molecule has 0 spiro atoms. The topological polar surface area (TPSA) is 54.0 Å². The second-order valence-electron chi connectivity index (χ2n) is 5.19. The van der Waals surface area contributed by atoms with Crippen molar-refractivity contribution in [2.45, 2.75) is 6.92 Å². The average molecular weight is 355 g/mol. The number of anilines is 2. The highest BCUT2D eigenvalue weighted by atomic mass is 32.2. The number of nitrogens with zero attached hydrogens (tertiary/aromatic N) is 1. The van der Waals surface area contributed by atoms with E-state index in [0.29, 0.717) is 5.69 Å². The minimum atomic E-state index is -0.201. The van der Waals surface area contributed by atoms with E-state index < -0.39 is 0 Å². The summed E-state index contributed by atoms with van der Waals surface area (Å²) in [5, 5.41) is 5.54. The lowest BCUT2D eigenvalue weighted by Gasteiger charge is -2.06. The van der Waals surface area contributed by atoms with Gasteiger partial charge in [-0.1, -0.05) is 42.3 Å². The number of benzene rings is 2. The molecule has 0 radical (unpaired) electrons. The molecule has 1 aromatic heterocycles. The zero-order valence-corrected chi connectivity index (χ0v) is 15.0. The number of carbonyl (C=O) groups is 1. The SMILES string of the molecule is CSNc1cccc(NC(=O)c2csc(-c3ccccc3C)n2)c1. The van der Waals surface area contributed by atoms with Crippen molar-refractivity contribution in [3.05, 3.63) is 65.2 Å². The summed E-state index contributed by atoms with van der Waals surface area (Å²) in [7, 11) is 0. The summed E-state index contributed by atoms with van der Waals surface area (Å²) in [6.45, 7) is 2.04. The molecule has 24 heavy (non-hydrogen) atoms. The smallest absolute Gasteiger partial charge is 0.275 e. The molecule has 2 aromatic carbocycles. The summed E-state index contributed by atoms with van der Waals surface area (Å²) in [6, 6.07) is 15.6. The van der Waals surface area contributed by atoms with Crippen LogP contribution >= 0.6 is 23.3 Å². The van der Waals surface area contributed by atoms with Crippen LogP contribution in [0, 0.1) is 6.92 Å². The van der Waals surface area contributed by atoms with Crippen LogP contribution in [0.2, 0.25) is 0 Å². The number of hydrogen-bond donors (Lipinski definition) is 2. The van der Waals surface area contributed by atoms with Crippen LogP contribution in [0.3, 0.4) is 0 Å². The van der Waals surface area contributed by atoms with Crippen molar-refractivity contribution >= 4 is 40.6 Å². The molecule has 2 N–H and O–H groups in total. The van der Waals surface area contributed by atoms with Gasteiger partial charge >= 0.3 is 0 Å². The van der Waals surface area contributed by atoms with Gasteiger partial charge in [-0.3, -0.25) is 4.79 Å². The van der Waals surface area contributed by atoms with Gasteiger partial charge in [0.1, 0.15) is 10.7 Å². The molecular formula is C18H17N3OS2. The Balaban J connectivity index is 1.77. The minimum Gasteiger partial charge on any atom is -0.330 e. The molecule has 0 bridgehead atoms. The number of nitrogens with one attached hydrogen (secondary N) is 2. The predicted octanol–water partition coefficient (Wildman–Crippen LogP) is 5.06. The molecule has 0 saturated heterocycles. The highest BCUT2D eigenvalue weighted by Gasteiger charge is 2.13. The van der Waals surface area contributed by atoms with Gasteiger partial charge < -0.3 is 10.0 Å². The molecule has 0 unspecified atom stereocenters. The summed E-state index contributed by atoms with van der Waals surface area (Å²) in [5.41, 5.74) is 4.33. The van der Waals surface area contributed by atoms with Crippen molar-refractivity contribution in [1.29, 1.82) is 0 Å². The van der Waals surface area contributed by atoms with E-state index in [1.54, 1.807) is 5.38 Å². The Morgan fingerprint density at radius 1 is 1.12 bits per heavy atom. The fraction of sp³-hybridized carbons (Fsp3) is 0.111. The van der Waals surface area contributed by atoms with E-state index in [2.05, 4.69) is 15.0 Å². The molecule has 6 heteroatoms. The van der Waals surface area contributed by atoms with E-state index in [-0.39, 0.29) is 5.91 Å². The van der Waals surface area contributed by atoms with Gasteiger partial charge in [-0.15, -0.1) is 11.3 Å². The van der Waals surface area contributed by atoms with Crippen molar-refractivity contribution in [3.8, 4) is 10.6 Å². The van der Waals surface area contributed by atoms with Crippen molar-refractivity contribution in [3.63, 3.8) is 0 Å². The van der Waals surface area contributed by atoms with Crippen molar-refractivity contribution < 1.29 is 4.79 Å². The summed E-state index contributed by atoms with van der Waals surface area (Å²) in [4.78, 5) is 16.9. The molecule has 1 heterocycles. The van der Waals surface area contributed by atoms with Crippen LogP contribution in [0.1, 0.15) is 16.1 Å². The molecule has 0 aliphatic carbocycles. The maximum absolute atomic E-state index is 12.4. The van der Waals surface area contributed by atoms with E-state index in [1.807, 2.05) is 61.7 Å². The van der Waals surface area contributed by atoms with Gasteiger partial charge in [0.05, 0.1) is 0 Å². The van der Waals surface area contributed by atoms with E-state index in [0.717, 1.165) is 27.5 Å². The second-order valence-corrected chi connectivity index (χ2v) is 6.66. The van der Waals surface area contributed by atoms with E-state index in [4.69, 9.17) is 0 Å². The third-order valence-electron chi connectivity index (χ3n) is 3.45. The first-order chi connectivity index (χ1) is 11.7. The van der Waals surface area contributed by atoms with Gasteiger partial charge in [0.15, 0.2) is 0 Å². The fourth-order valence-corrected chi connectivity index (χ4v) is 3.54. The second kappa shape index (κ2) is 7.51. The maximum atomic E-state index is 12.4. The Bertz CT molecular complexity index is 861. The average Bonchev–Trinajstić information content (AvgIpc) is 3.06. The largest absolute Gasteiger partial charge is 0.330 e. The predicted molar refractivity (Wildman–Crippen MR) is 104 cm³/mol. The number of thiazole rings is 1. The minimum absolute atomic E-state index is 0.201. The summed E-state index contributed by atoms with van der Waals surface area (Å²) < 4.78 is 3.14. The monoisotopic (exact) mass is 355 g/mol. The Kier molecular flexibility index (Phi) is 5.17. The summed E-state index contributed by atoms with van der Waals surface area (Å²) in [5.74, 6) is -0.201. The van der Waals surface area contributed by atoms with Crippen LogP contribution in [-0.4, -0.2) is 17.1 Å². The Morgan fingerprint density at radius 3 is 2.71 bits per heavy atom. The highest BCUT2D eigenvalue weighted by Crippen LogP contribution is 2.27. The first-order valence-electron chi connectivity index (χ1n) is 7.39. The quantitative estimate of drug-likeness (QED) is 0.628. The molecule has 0 fully saturated rings. The van der Waals surface area contributed by atoms with Crippen LogP contribution in [0.15, 0.2) is 53.9 Å². The zero-order valence-electron chi connectivity index (χ0n) is 13.4. The van der Waals surface area contributed by atoms with Gasteiger partial charge in [0, 0.05) is 28.6 Å². The lowest BCUT2D eigenvalue weighted by Crippen LogP contribution is -2.12. The van der Waals surface area contributed by atoms with Crippen molar-refractivity contribution in [2.24, 2.45) is 0 Å². The van der Waals surface area contributed by atoms with E-state index in [9.17, 15) is 4.79 Å². The molecule has 1 amide bonds. The molecule has 3 rings (SSSR count). The first kappa shape index (κ1) is 16.5. The van der Waals surface area contributed by atoms with Crippen LogP contribution in [-0.2, 0) is 0 Å². The summed E-state index contributed by atoms with van der Waals surface area (Å²) >= 11 is 2.99. The normalized spacial score (nSPS) is 10.4. The maximum Gasteiger partial charge on any atom is 0.275 e. The van der Waals surface area contributed by atoms with Crippen molar-refractivity contribution in [2.75, 3.05) is 16.3 Å². The molecule has 0 atom stereocenters. The zero-order chi connectivity index (χ0) is 16.9. The standard InChI is InChI=1S/C18H17N3OS2/c1-12-6-3-4-9-15(12)18-20-16(11-24-18)17(22)19-13-7-5-8-14(10-13)21-23-2/h3-11,21H,1-2H3,(H,19,22). The number of aromatic nitrogens is 1. The molecule has 0 aliphatic rings. The van der Waals surface area contributed by atoms with Crippen molar-refractivity contribution in [1.82, 2.24) is 4.98 Å². The van der Waals surface area contributed by atoms with Gasteiger partial charge in [0.25, 0.3) is 5.91 Å². The van der Waals surface area contributed by atoms with Crippen LogP contribution in [0.4, 0.5) is 11.4 Å². The van der Waals surface area contributed by atoms with E-state index >= 15 is 0 Å². The van der Waals surface area contributed by atoms with Gasteiger partial charge in [-0.05, 0) is 30.7 Å². The Labute approximate surface area is 149 Å². The van der Waals surface area contributed by atoms with E-state index in [1.165, 1.54) is 23.3 Å². The molecule has 0 aliphatic heterocycles. The number of carbonyl (C=O) groups excluding carboxylic acids is 1. The lowest BCUT2D eigenvalue weighted by atomic mass is 10.1. The third kappa shape index (κ3) is 3.77. The van der Waals surface area contributed by atoms with Crippen LogP contribution in [0.25, 0.3) is 10.6 Å². The number of rotatable bonds is 5. The molecule has 4 nitrogen and oxygen atoms in total. The van der Waals surface area contributed by atoms with Gasteiger partial charge in [0.2, 0.25) is 0 Å². The van der Waals surface area contributed by atoms with Crippen LogP contribution in [0.5, 0.6) is 0 Å². The molecule has 3 aromatic rings. The van der Waals surface area contributed by atoms with Gasteiger partial charge in [-0.2, -0.15) is 0 Å². The van der Waals surface area contributed by atoms with Gasteiger partial charge in [-0.25, -0.2) is 4.98 Å².